The number of hydrogen-bond acceptors (Lipinski definition) is 5. The van der Waals surface area contributed by atoms with Crippen LogP contribution < -0.4 is 4.90 Å². The maximum absolute atomic E-state index is 12.8. The number of hydrogen-bond donors (Lipinski definition) is 0. The molecular weight excluding hydrogens is 376 g/mol. The molecule has 0 saturated carbocycles. The summed E-state index contributed by atoms with van der Waals surface area (Å²) < 4.78 is 2.02. The number of para-hydroxylation sites is 1. The van der Waals surface area contributed by atoms with E-state index in [4.69, 9.17) is 0 Å². The van der Waals surface area contributed by atoms with Crippen LogP contribution in [-0.2, 0) is 11.3 Å². The molecule has 0 aliphatic carbocycles. The van der Waals surface area contributed by atoms with Crippen molar-refractivity contribution in [1.29, 1.82) is 0 Å². The van der Waals surface area contributed by atoms with E-state index >= 15 is 0 Å². The highest BCUT2D eigenvalue weighted by Crippen LogP contribution is 2.19. The molecule has 7 nitrogen and oxygen atoms in total. The third-order valence-corrected chi connectivity index (χ3v) is 5.57. The molecule has 1 aromatic carbocycles. The van der Waals surface area contributed by atoms with Crippen LogP contribution in [0.1, 0.15) is 0 Å². The Labute approximate surface area is 174 Å². The van der Waals surface area contributed by atoms with Crippen molar-refractivity contribution in [3.63, 3.8) is 0 Å². The lowest BCUT2D eigenvalue weighted by Crippen LogP contribution is -2.49. The number of carbonyl (C=O) groups is 1. The standard InChI is InChI=1S/C23H22N6O/c30-23(17-29-12-9-19-3-1-2-4-21(19)29)28-15-13-27(14-16-28)22-6-5-20(25-26-22)18-7-10-24-11-8-18/h1-12H,13-17H2. The van der Waals surface area contributed by atoms with Gasteiger partial charge in [0.05, 0.1) is 5.69 Å². The Hall–Kier alpha value is -3.74. The monoisotopic (exact) mass is 398 g/mol. The van der Waals surface area contributed by atoms with Gasteiger partial charge in [-0.05, 0) is 41.8 Å². The zero-order valence-electron chi connectivity index (χ0n) is 16.6. The third-order valence-electron chi connectivity index (χ3n) is 5.57. The van der Waals surface area contributed by atoms with Gasteiger partial charge in [0.1, 0.15) is 6.54 Å². The lowest BCUT2D eigenvalue weighted by molar-refractivity contribution is -0.132. The Morgan fingerprint density at radius 2 is 1.67 bits per heavy atom. The van der Waals surface area contributed by atoms with Gasteiger partial charge in [-0.1, -0.05) is 18.2 Å². The fraction of sp³-hybridized carbons (Fsp3) is 0.217. The van der Waals surface area contributed by atoms with Gasteiger partial charge in [-0.2, -0.15) is 0 Å². The van der Waals surface area contributed by atoms with Crippen molar-refractivity contribution in [3.8, 4) is 11.3 Å². The second-order valence-corrected chi connectivity index (χ2v) is 7.38. The molecule has 7 heteroatoms. The number of rotatable bonds is 4. The van der Waals surface area contributed by atoms with E-state index in [2.05, 4.69) is 38.3 Å². The minimum atomic E-state index is 0.148. The van der Waals surface area contributed by atoms with Gasteiger partial charge >= 0.3 is 0 Å². The molecule has 4 aromatic rings. The number of anilines is 1. The molecule has 0 radical (unpaired) electrons. The van der Waals surface area contributed by atoms with Crippen LogP contribution in [0.3, 0.4) is 0 Å². The Bertz CT molecular complexity index is 1150. The predicted molar refractivity (Wildman–Crippen MR) is 116 cm³/mol. The first kappa shape index (κ1) is 18.3. The number of piperazine rings is 1. The smallest absolute Gasteiger partial charge is 0.242 e. The lowest BCUT2D eigenvalue weighted by Gasteiger charge is -2.35. The van der Waals surface area contributed by atoms with Gasteiger partial charge in [0.15, 0.2) is 5.82 Å². The molecule has 0 bridgehead atoms. The normalized spacial score (nSPS) is 14.3. The van der Waals surface area contributed by atoms with Gasteiger partial charge in [-0.25, -0.2) is 0 Å². The molecule has 0 unspecified atom stereocenters. The molecule has 1 amide bonds. The van der Waals surface area contributed by atoms with E-state index in [9.17, 15) is 4.79 Å². The van der Waals surface area contributed by atoms with Crippen molar-refractivity contribution in [2.24, 2.45) is 0 Å². The Kier molecular flexibility index (Phi) is 4.85. The minimum Gasteiger partial charge on any atom is -0.352 e. The summed E-state index contributed by atoms with van der Waals surface area (Å²) in [7, 11) is 0. The number of benzene rings is 1. The maximum atomic E-state index is 12.8. The Morgan fingerprint density at radius 1 is 0.867 bits per heavy atom. The van der Waals surface area contributed by atoms with Crippen LogP contribution in [0.2, 0.25) is 0 Å². The van der Waals surface area contributed by atoms with E-state index in [-0.39, 0.29) is 5.91 Å². The zero-order valence-corrected chi connectivity index (χ0v) is 16.6. The van der Waals surface area contributed by atoms with Crippen molar-refractivity contribution < 1.29 is 4.79 Å². The van der Waals surface area contributed by atoms with E-state index in [1.807, 2.05) is 52.1 Å². The number of pyridine rings is 1. The number of aromatic nitrogens is 4. The summed E-state index contributed by atoms with van der Waals surface area (Å²) in [5, 5.41) is 9.90. The predicted octanol–water partition coefficient (Wildman–Crippen LogP) is 2.84. The highest BCUT2D eigenvalue weighted by atomic mass is 16.2. The summed E-state index contributed by atoms with van der Waals surface area (Å²) in [6, 6.07) is 18.0. The largest absolute Gasteiger partial charge is 0.352 e. The maximum Gasteiger partial charge on any atom is 0.242 e. The van der Waals surface area contributed by atoms with E-state index in [1.54, 1.807) is 12.4 Å². The Morgan fingerprint density at radius 3 is 2.43 bits per heavy atom. The summed E-state index contributed by atoms with van der Waals surface area (Å²) >= 11 is 0. The molecule has 3 aromatic heterocycles. The topological polar surface area (TPSA) is 67.2 Å². The van der Waals surface area contributed by atoms with Crippen LogP contribution in [-0.4, -0.2) is 56.7 Å². The molecule has 150 valence electrons. The quantitative estimate of drug-likeness (QED) is 0.529. The molecule has 0 N–H and O–H groups in total. The molecule has 1 saturated heterocycles. The van der Waals surface area contributed by atoms with Gasteiger partial charge in [0.25, 0.3) is 0 Å². The molecule has 1 aliphatic heterocycles. The van der Waals surface area contributed by atoms with Crippen LogP contribution in [0, 0.1) is 0 Å². The van der Waals surface area contributed by atoms with Gasteiger partial charge in [0, 0.05) is 55.8 Å². The minimum absolute atomic E-state index is 0.148. The van der Waals surface area contributed by atoms with Crippen LogP contribution >= 0.6 is 0 Å². The summed E-state index contributed by atoms with van der Waals surface area (Å²) in [5.74, 6) is 0.992. The molecule has 5 rings (SSSR count). The second kappa shape index (κ2) is 7.94. The van der Waals surface area contributed by atoms with Gasteiger partial charge in [-0.3, -0.25) is 9.78 Å². The van der Waals surface area contributed by atoms with Gasteiger partial charge < -0.3 is 14.4 Å². The number of carbonyl (C=O) groups excluding carboxylic acids is 1. The average Bonchev–Trinajstić information content (AvgIpc) is 3.23. The van der Waals surface area contributed by atoms with E-state index in [0.29, 0.717) is 19.6 Å². The van der Waals surface area contributed by atoms with E-state index in [0.717, 1.165) is 41.1 Å². The van der Waals surface area contributed by atoms with Crippen LogP contribution in [0.4, 0.5) is 5.82 Å². The van der Waals surface area contributed by atoms with Crippen molar-refractivity contribution in [1.82, 2.24) is 24.6 Å². The number of amides is 1. The van der Waals surface area contributed by atoms with E-state index < -0.39 is 0 Å². The average molecular weight is 398 g/mol. The summed E-state index contributed by atoms with van der Waals surface area (Å²) in [4.78, 5) is 21.0. The van der Waals surface area contributed by atoms with Crippen molar-refractivity contribution in [3.05, 3.63) is 73.2 Å². The number of fused-ring (bicyclic) bond motifs is 1. The summed E-state index contributed by atoms with van der Waals surface area (Å²) in [6.45, 7) is 3.24. The van der Waals surface area contributed by atoms with E-state index in [1.165, 1.54) is 0 Å². The van der Waals surface area contributed by atoms with Gasteiger partial charge in [0.2, 0.25) is 5.91 Å². The fourth-order valence-electron chi connectivity index (χ4n) is 3.88. The summed E-state index contributed by atoms with van der Waals surface area (Å²) in [5.41, 5.74) is 2.92. The molecule has 1 aliphatic rings. The first-order valence-electron chi connectivity index (χ1n) is 10.1. The van der Waals surface area contributed by atoms with Crippen LogP contribution in [0.5, 0.6) is 0 Å². The van der Waals surface area contributed by atoms with Crippen molar-refractivity contribution >= 4 is 22.6 Å². The zero-order chi connectivity index (χ0) is 20.3. The third kappa shape index (κ3) is 3.61. The van der Waals surface area contributed by atoms with Gasteiger partial charge in [-0.15, -0.1) is 10.2 Å². The highest BCUT2D eigenvalue weighted by Gasteiger charge is 2.22. The molecular formula is C23H22N6O. The first-order valence-corrected chi connectivity index (χ1v) is 10.1. The SMILES string of the molecule is O=C(Cn1ccc2ccccc21)N1CCN(c2ccc(-c3ccncc3)nn2)CC1. The molecule has 30 heavy (non-hydrogen) atoms. The van der Waals surface area contributed by atoms with Crippen LogP contribution in [0.25, 0.3) is 22.2 Å². The molecule has 4 heterocycles. The lowest BCUT2D eigenvalue weighted by atomic mass is 10.2. The highest BCUT2D eigenvalue weighted by molar-refractivity contribution is 5.83. The van der Waals surface area contributed by atoms with Crippen LogP contribution in [0.15, 0.2) is 73.2 Å². The summed E-state index contributed by atoms with van der Waals surface area (Å²) in [6.07, 6.45) is 5.48. The fourth-order valence-corrected chi connectivity index (χ4v) is 3.88. The molecule has 1 fully saturated rings. The molecule has 0 spiro atoms. The van der Waals surface area contributed by atoms with Crippen molar-refractivity contribution in [2.45, 2.75) is 6.54 Å². The van der Waals surface area contributed by atoms with Crippen molar-refractivity contribution in [2.75, 3.05) is 31.1 Å². The second-order valence-electron chi connectivity index (χ2n) is 7.38. The first-order chi connectivity index (χ1) is 14.8. The number of nitrogens with zero attached hydrogens (tertiary/aromatic N) is 6. The Balaban J connectivity index is 1.20. The molecule has 0 atom stereocenters.